The van der Waals surface area contributed by atoms with Gasteiger partial charge in [0.2, 0.25) is 0 Å². The maximum atomic E-state index is 12.4. The van der Waals surface area contributed by atoms with Gasteiger partial charge in [0.1, 0.15) is 11.9 Å². The van der Waals surface area contributed by atoms with Crippen LogP contribution in [0, 0.1) is 0 Å². The number of pyridine rings is 1. The van der Waals surface area contributed by atoms with Crippen LogP contribution in [-0.4, -0.2) is 17.0 Å². The molecule has 0 aliphatic heterocycles. The van der Waals surface area contributed by atoms with Gasteiger partial charge in [0.25, 0.3) is 5.92 Å². The summed E-state index contributed by atoms with van der Waals surface area (Å²) in [6.45, 7) is 0. The summed E-state index contributed by atoms with van der Waals surface area (Å²) in [5.74, 6) is -1.96. The fourth-order valence-corrected chi connectivity index (χ4v) is 1.30. The molecule has 0 atom stereocenters. The molecular weight excluding hydrogens is 212 g/mol. The Bertz CT molecular complexity index is 286. The zero-order valence-corrected chi connectivity index (χ0v) is 8.14. The van der Waals surface area contributed by atoms with Gasteiger partial charge in [-0.15, -0.1) is 12.4 Å². The van der Waals surface area contributed by atoms with E-state index in [1.165, 1.54) is 6.20 Å². The number of alkyl halides is 2. The summed E-state index contributed by atoms with van der Waals surface area (Å²) in [6.07, 6.45) is 2.43. The lowest BCUT2D eigenvalue weighted by molar-refractivity contribution is -0.134. The molecule has 0 saturated heterocycles. The molecule has 5 heteroatoms. The van der Waals surface area contributed by atoms with Crippen molar-refractivity contribution in [3.05, 3.63) is 24.5 Å². The van der Waals surface area contributed by atoms with E-state index < -0.39 is 5.92 Å². The average molecular weight is 222 g/mol. The topological polar surface area (TPSA) is 22.1 Å². The van der Waals surface area contributed by atoms with Gasteiger partial charge < -0.3 is 4.74 Å². The summed E-state index contributed by atoms with van der Waals surface area (Å²) < 4.78 is 30.0. The standard InChI is InChI=1S/C9H9F2NO.ClH/c10-9(11)4-8(5-9)13-7-2-1-3-12-6-7;/h1-3,6,8H,4-5H2;1H. The van der Waals surface area contributed by atoms with Crippen molar-refractivity contribution in [2.24, 2.45) is 0 Å². The molecule has 78 valence electrons. The summed E-state index contributed by atoms with van der Waals surface area (Å²) in [5, 5.41) is 0. The molecular formula is C9H10ClF2NO. The third kappa shape index (κ3) is 2.54. The lowest BCUT2D eigenvalue weighted by atomic mass is 9.91. The molecule has 0 N–H and O–H groups in total. The number of aromatic nitrogens is 1. The Morgan fingerprint density at radius 3 is 2.64 bits per heavy atom. The van der Waals surface area contributed by atoms with Crippen molar-refractivity contribution in [1.29, 1.82) is 0 Å². The predicted molar refractivity (Wildman–Crippen MR) is 50.1 cm³/mol. The van der Waals surface area contributed by atoms with Crippen molar-refractivity contribution in [2.45, 2.75) is 24.9 Å². The highest BCUT2D eigenvalue weighted by molar-refractivity contribution is 5.85. The van der Waals surface area contributed by atoms with E-state index in [1.807, 2.05) is 0 Å². The van der Waals surface area contributed by atoms with Crippen molar-refractivity contribution in [2.75, 3.05) is 0 Å². The molecule has 0 unspecified atom stereocenters. The second-order valence-corrected chi connectivity index (χ2v) is 3.19. The molecule has 1 heterocycles. The van der Waals surface area contributed by atoms with Gasteiger partial charge in [0.05, 0.1) is 6.20 Å². The summed E-state index contributed by atoms with van der Waals surface area (Å²) in [6, 6.07) is 3.43. The smallest absolute Gasteiger partial charge is 0.255 e. The number of hydrogen-bond donors (Lipinski definition) is 0. The van der Waals surface area contributed by atoms with Crippen LogP contribution in [0.1, 0.15) is 12.8 Å². The molecule has 2 rings (SSSR count). The van der Waals surface area contributed by atoms with E-state index in [0.717, 1.165) is 0 Å². The molecule has 1 saturated carbocycles. The molecule has 1 aromatic heterocycles. The maximum absolute atomic E-state index is 12.4. The SMILES string of the molecule is Cl.FC1(F)CC(Oc2cccnc2)C1. The Kier molecular flexibility index (Phi) is 3.26. The van der Waals surface area contributed by atoms with Crippen LogP contribution in [0.5, 0.6) is 5.75 Å². The summed E-state index contributed by atoms with van der Waals surface area (Å²) in [4.78, 5) is 3.82. The predicted octanol–water partition coefficient (Wildman–Crippen LogP) is 2.68. The minimum Gasteiger partial charge on any atom is -0.488 e. The Labute approximate surface area is 86.7 Å². The van der Waals surface area contributed by atoms with Gasteiger partial charge in [-0.1, -0.05) is 0 Å². The van der Waals surface area contributed by atoms with Crippen molar-refractivity contribution in [3.8, 4) is 5.75 Å². The molecule has 1 aliphatic carbocycles. The molecule has 2 nitrogen and oxygen atoms in total. The first kappa shape index (κ1) is 11.2. The van der Waals surface area contributed by atoms with Crippen molar-refractivity contribution < 1.29 is 13.5 Å². The van der Waals surface area contributed by atoms with E-state index in [1.54, 1.807) is 18.3 Å². The van der Waals surface area contributed by atoms with Crippen LogP contribution >= 0.6 is 12.4 Å². The van der Waals surface area contributed by atoms with Crippen LogP contribution in [0.25, 0.3) is 0 Å². The quantitative estimate of drug-likeness (QED) is 0.766. The third-order valence-corrected chi connectivity index (χ3v) is 1.99. The number of halogens is 3. The van der Waals surface area contributed by atoms with Gasteiger partial charge >= 0.3 is 0 Å². The number of nitrogens with zero attached hydrogens (tertiary/aromatic N) is 1. The number of rotatable bonds is 2. The molecule has 0 amide bonds. The van der Waals surface area contributed by atoms with Gasteiger partial charge in [0.15, 0.2) is 0 Å². The molecule has 14 heavy (non-hydrogen) atoms. The Morgan fingerprint density at radius 1 is 1.43 bits per heavy atom. The Hall–Kier alpha value is -0.900. The second kappa shape index (κ2) is 4.09. The van der Waals surface area contributed by atoms with Gasteiger partial charge in [0, 0.05) is 19.0 Å². The number of ether oxygens (including phenoxy) is 1. The molecule has 1 aliphatic rings. The van der Waals surface area contributed by atoms with Gasteiger partial charge in [-0.2, -0.15) is 0 Å². The minimum absolute atomic E-state index is 0. The summed E-state index contributed by atoms with van der Waals surface area (Å²) in [7, 11) is 0. The highest BCUT2D eigenvalue weighted by atomic mass is 35.5. The van der Waals surface area contributed by atoms with E-state index in [0.29, 0.717) is 5.75 Å². The van der Waals surface area contributed by atoms with Gasteiger partial charge in [-0.3, -0.25) is 4.98 Å². The summed E-state index contributed by atoms with van der Waals surface area (Å²) in [5.41, 5.74) is 0. The maximum Gasteiger partial charge on any atom is 0.255 e. The first-order valence-corrected chi connectivity index (χ1v) is 4.10. The average Bonchev–Trinajstić information content (AvgIpc) is 2.03. The van der Waals surface area contributed by atoms with Crippen LogP contribution in [-0.2, 0) is 0 Å². The fourth-order valence-electron chi connectivity index (χ4n) is 1.30. The second-order valence-electron chi connectivity index (χ2n) is 3.19. The highest BCUT2D eigenvalue weighted by Gasteiger charge is 2.46. The molecule has 1 fully saturated rings. The van der Waals surface area contributed by atoms with Crippen molar-refractivity contribution >= 4 is 12.4 Å². The van der Waals surface area contributed by atoms with Crippen LogP contribution in [0.3, 0.4) is 0 Å². The highest BCUT2D eigenvalue weighted by Crippen LogP contribution is 2.39. The van der Waals surface area contributed by atoms with Crippen LogP contribution in [0.2, 0.25) is 0 Å². The van der Waals surface area contributed by atoms with Crippen LogP contribution in [0.4, 0.5) is 8.78 Å². The monoisotopic (exact) mass is 221 g/mol. The van der Waals surface area contributed by atoms with Crippen LogP contribution < -0.4 is 4.74 Å². The molecule has 0 spiro atoms. The van der Waals surface area contributed by atoms with E-state index >= 15 is 0 Å². The normalized spacial score (nSPS) is 19.3. The van der Waals surface area contributed by atoms with Gasteiger partial charge in [-0.25, -0.2) is 8.78 Å². The molecule has 0 bridgehead atoms. The van der Waals surface area contributed by atoms with E-state index in [-0.39, 0.29) is 31.4 Å². The zero-order chi connectivity index (χ0) is 9.31. The zero-order valence-electron chi connectivity index (χ0n) is 7.32. The fraction of sp³-hybridized carbons (Fsp3) is 0.444. The largest absolute Gasteiger partial charge is 0.488 e. The lowest BCUT2D eigenvalue weighted by Gasteiger charge is -2.34. The first-order valence-electron chi connectivity index (χ1n) is 4.10. The van der Waals surface area contributed by atoms with E-state index in [4.69, 9.17) is 4.74 Å². The third-order valence-electron chi connectivity index (χ3n) is 1.99. The first-order chi connectivity index (χ1) is 6.16. The number of hydrogen-bond acceptors (Lipinski definition) is 2. The molecule has 0 radical (unpaired) electrons. The van der Waals surface area contributed by atoms with Crippen molar-refractivity contribution in [1.82, 2.24) is 4.98 Å². The van der Waals surface area contributed by atoms with E-state index in [2.05, 4.69) is 4.98 Å². The Balaban J connectivity index is 0.000000980. The van der Waals surface area contributed by atoms with Crippen LogP contribution in [0.15, 0.2) is 24.5 Å². The molecule has 1 aromatic rings. The minimum atomic E-state index is -2.52. The van der Waals surface area contributed by atoms with Gasteiger partial charge in [-0.05, 0) is 12.1 Å². The summed E-state index contributed by atoms with van der Waals surface area (Å²) >= 11 is 0. The van der Waals surface area contributed by atoms with E-state index in [9.17, 15) is 8.78 Å². The lowest BCUT2D eigenvalue weighted by Crippen LogP contribution is -2.43. The van der Waals surface area contributed by atoms with Crippen molar-refractivity contribution in [3.63, 3.8) is 0 Å². The molecule has 0 aromatic carbocycles. The Morgan fingerprint density at radius 2 is 2.14 bits per heavy atom.